The van der Waals surface area contributed by atoms with Crippen LogP contribution in [0.3, 0.4) is 0 Å². The molecule has 0 aromatic heterocycles. The smallest absolute Gasteiger partial charge is 0.395 e. The van der Waals surface area contributed by atoms with Crippen LogP contribution in [0.5, 0.6) is 0 Å². The van der Waals surface area contributed by atoms with Crippen molar-refractivity contribution in [3.05, 3.63) is 49.0 Å². The van der Waals surface area contributed by atoms with Gasteiger partial charge in [-0.3, -0.25) is 0 Å². The zero-order valence-corrected chi connectivity index (χ0v) is 8.80. The highest BCUT2D eigenvalue weighted by molar-refractivity contribution is 5.29. The predicted molar refractivity (Wildman–Crippen MR) is 55.0 cm³/mol. The minimum Gasteiger partial charge on any atom is -0.395 e. The molecule has 0 saturated carbocycles. The van der Waals surface area contributed by atoms with Crippen molar-refractivity contribution in [2.75, 3.05) is 0 Å². The Balaban J connectivity index is 0.000000921. The van der Waals surface area contributed by atoms with Crippen LogP contribution in [0.4, 0.5) is 8.78 Å². The summed E-state index contributed by atoms with van der Waals surface area (Å²) in [4.78, 5) is 0. The van der Waals surface area contributed by atoms with Gasteiger partial charge in [0.15, 0.2) is 11.5 Å². The molecule has 2 nitrogen and oxygen atoms in total. The first-order valence-electron chi connectivity index (χ1n) is 4.50. The van der Waals surface area contributed by atoms with Gasteiger partial charge < -0.3 is 9.47 Å². The average Bonchev–Trinajstić information content (AvgIpc) is 2.46. The molecule has 0 aromatic carbocycles. The summed E-state index contributed by atoms with van der Waals surface area (Å²) in [5.74, 6) is -0.111. The molecule has 0 radical (unpaired) electrons. The minimum atomic E-state index is -3.59. The van der Waals surface area contributed by atoms with Crippen LogP contribution in [0.15, 0.2) is 49.0 Å². The normalized spacial score (nSPS) is 22.4. The Labute approximate surface area is 88.2 Å². The van der Waals surface area contributed by atoms with Crippen molar-refractivity contribution in [1.29, 1.82) is 0 Å². The van der Waals surface area contributed by atoms with E-state index in [1.165, 1.54) is 24.3 Å². The van der Waals surface area contributed by atoms with Crippen LogP contribution in [0.2, 0.25) is 0 Å². The van der Waals surface area contributed by atoms with Crippen LogP contribution in [-0.2, 0) is 9.47 Å². The number of hydrogen-bond acceptors (Lipinski definition) is 2. The molecule has 1 heterocycles. The molecule has 0 N–H and O–H groups in total. The first kappa shape index (κ1) is 13.4. The third-order valence-electron chi connectivity index (χ3n) is 1.24. The number of allylic oxidation sites excluding steroid dienone is 4. The lowest BCUT2D eigenvalue weighted by molar-refractivity contribution is -0.326. The van der Waals surface area contributed by atoms with E-state index in [2.05, 4.69) is 22.6 Å². The maximum atomic E-state index is 12.5. The van der Waals surface area contributed by atoms with Crippen LogP contribution in [0.25, 0.3) is 0 Å². The third-order valence-corrected chi connectivity index (χ3v) is 1.24. The van der Waals surface area contributed by atoms with Gasteiger partial charge in [0.2, 0.25) is 0 Å². The second-order valence-corrected chi connectivity index (χ2v) is 2.20. The molecule has 0 amide bonds. The topological polar surface area (TPSA) is 18.5 Å². The SMILES string of the molecule is C=C/C=C1/OC(F)(F)O/C1=C/C=C.CC. The van der Waals surface area contributed by atoms with E-state index in [0.717, 1.165) is 0 Å². The summed E-state index contributed by atoms with van der Waals surface area (Å²) in [6.07, 6.45) is 1.64. The highest BCUT2D eigenvalue weighted by atomic mass is 19.3. The summed E-state index contributed by atoms with van der Waals surface area (Å²) in [5.41, 5.74) is 0. The Hall–Kier alpha value is -1.58. The lowest BCUT2D eigenvalue weighted by atomic mass is 10.3. The number of ether oxygens (including phenoxy) is 2. The molecule has 1 aliphatic rings. The zero-order chi connectivity index (χ0) is 11.9. The van der Waals surface area contributed by atoms with Crippen LogP contribution >= 0.6 is 0 Å². The van der Waals surface area contributed by atoms with Gasteiger partial charge in [0.25, 0.3) is 0 Å². The Morgan fingerprint density at radius 3 is 1.60 bits per heavy atom. The highest BCUT2D eigenvalue weighted by Crippen LogP contribution is 2.36. The monoisotopic (exact) mass is 216 g/mol. The molecule has 0 spiro atoms. The predicted octanol–water partition coefficient (Wildman–Crippen LogP) is 3.75. The molecule has 84 valence electrons. The second kappa shape index (κ2) is 6.01. The fraction of sp³-hybridized carbons (Fsp3) is 0.273. The maximum Gasteiger partial charge on any atom is 0.586 e. The molecule has 0 aromatic rings. The van der Waals surface area contributed by atoms with E-state index in [4.69, 9.17) is 0 Å². The van der Waals surface area contributed by atoms with E-state index in [1.54, 1.807) is 0 Å². The van der Waals surface area contributed by atoms with E-state index < -0.39 is 6.29 Å². The van der Waals surface area contributed by atoms with Crippen molar-refractivity contribution in [2.45, 2.75) is 20.1 Å². The molecule has 1 fully saturated rings. The van der Waals surface area contributed by atoms with Gasteiger partial charge in [-0.05, 0) is 12.2 Å². The third kappa shape index (κ3) is 3.97. The molecule has 1 saturated heterocycles. The van der Waals surface area contributed by atoms with Crippen LogP contribution in [0.1, 0.15) is 13.8 Å². The van der Waals surface area contributed by atoms with Gasteiger partial charge >= 0.3 is 6.29 Å². The fourth-order valence-corrected chi connectivity index (χ4v) is 0.824. The minimum absolute atomic E-state index is 0.0556. The molecular weight excluding hydrogens is 202 g/mol. The van der Waals surface area contributed by atoms with Crippen molar-refractivity contribution in [3.63, 3.8) is 0 Å². The molecule has 1 rings (SSSR count). The molecule has 0 unspecified atom stereocenters. The lowest BCUT2D eigenvalue weighted by Crippen LogP contribution is -2.14. The standard InChI is InChI=1S/C9H8F2O2.C2H6/c1-3-5-7-8(6-4-2)13-9(10,11)12-7;1-2/h3-6H,1-2H2;1-2H3/b7-5+,8-6+;. The Morgan fingerprint density at radius 1 is 1.00 bits per heavy atom. The summed E-state index contributed by atoms with van der Waals surface area (Å²) in [7, 11) is 0. The average molecular weight is 216 g/mol. The lowest BCUT2D eigenvalue weighted by Gasteiger charge is -2.03. The van der Waals surface area contributed by atoms with Crippen molar-refractivity contribution in [3.8, 4) is 0 Å². The van der Waals surface area contributed by atoms with E-state index in [0.29, 0.717) is 0 Å². The molecule has 0 aliphatic carbocycles. The van der Waals surface area contributed by atoms with Crippen LogP contribution < -0.4 is 0 Å². The Bertz CT molecular complexity index is 263. The molecule has 4 heteroatoms. The molecule has 1 aliphatic heterocycles. The van der Waals surface area contributed by atoms with E-state index >= 15 is 0 Å². The van der Waals surface area contributed by atoms with Gasteiger partial charge in [-0.2, -0.15) is 0 Å². The van der Waals surface area contributed by atoms with E-state index in [1.807, 2.05) is 13.8 Å². The second-order valence-electron chi connectivity index (χ2n) is 2.20. The van der Waals surface area contributed by atoms with Crippen molar-refractivity contribution < 1.29 is 18.3 Å². The number of alkyl halides is 2. The number of rotatable bonds is 2. The Morgan fingerprint density at radius 2 is 1.33 bits per heavy atom. The first-order chi connectivity index (χ1) is 7.09. The summed E-state index contributed by atoms with van der Waals surface area (Å²) >= 11 is 0. The summed E-state index contributed by atoms with van der Waals surface area (Å²) < 4.78 is 33.3. The van der Waals surface area contributed by atoms with Crippen LogP contribution in [-0.4, -0.2) is 6.29 Å². The fourth-order valence-electron chi connectivity index (χ4n) is 0.824. The van der Waals surface area contributed by atoms with E-state index in [9.17, 15) is 8.78 Å². The molecule has 15 heavy (non-hydrogen) atoms. The van der Waals surface area contributed by atoms with Crippen molar-refractivity contribution in [2.24, 2.45) is 0 Å². The van der Waals surface area contributed by atoms with Crippen molar-refractivity contribution >= 4 is 0 Å². The first-order valence-corrected chi connectivity index (χ1v) is 4.50. The maximum absolute atomic E-state index is 12.5. The quantitative estimate of drug-likeness (QED) is 0.699. The number of halogens is 2. The van der Waals surface area contributed by atoms with Crippen molar-refractivity contribution in [1.82, 2.24) is 0 Å². The van der Waals surface area contributed by atoms with Gasteiger partial charge in [-0.1, -0.05) is 39.2 Å². The summed E-state index contributed by atoms with van der Waals surface area (Å²) in [5, 5.41) is 0. The Kier molecular flexibility index (Phi) is 5.37. The summed E-state index contributed by atoms with van der Waals surface area (Å²) in [6, 6.07) is 0. The number of hydrogen-bond donors (Lipinski definition) is 0. The van der Waals surface area contributed by atoms with Gasteiger partial charge in [-0.25, -0.2) is 0 Å². The summed E-state index contributed by atoms with van der Waals surface area (Å²) in [6.45, 7) is 10.7. The molecule has 0 bridgehead atoms. The molecule has 0 atom stereocenters. The molecular formula is C11H14F2O2. The van der Waals surface area contributed by atoms with Gasteiger partial charge in [0.1, 0.15) is 0 Å². The van der Waals surface area contributed by atoms with Gasteiger partial charge in [0, 0.05) is 0 Å². The van der Waals surface area contributed by atoms with E-state index in [-0.39, 0.29) is 11.5 Å². The largest absolute Gasteiger partial charge is 0.586 e. The van der Waals surface area contributed by atoms with Gasteiger partial charge in [0.05, 0.1) is 0 Å². The highest BCUT2D eigenvalue weighted by Gasteiger charge is 2.45. The van der Waals surface area contributed by atoms with Crippen LogP contribution in [0, 0.1) is 0 Å². The van der Waals surface area contributed by atoms with Gasteiger partial charge in [-0.15, -0.1) is 8.78 Å². The zero-order valence-electron chi connectivity index (χ0n) is 8.80.